The molecule has 0 aromatic heterocycles. The molecule has 0 heterocycles. The van der Waals surface area contributed by atoms with Crippen molar-refractivity contribution in [1.82, 2.24) is 0 Å². The van der Waals surface area contributed by atoms with Gasteiger partial charge in [-0.25, -0.2) is 4.79 Å². The Morgan fingerprint density at radius 3 is 1.40 bits per heavy atom. The van der Waals surface area contributed by atoms with E-state index in [0.29, 0.717) is 0 Å². The molecule has 0 radical (unpaired) electrons. The first-order valence-electron chi connectivity index (χ1n) is 11.0. The van der Waals surface area contributed by atoms with Gasteiger partial charge in [0.2, 0.25) is 0 Å². The van der Waals surface area contributed by atoms with Gasteiger partial charge in [-0.15, -0.1) is 0 Å². The lowest BCUT2D eigenvalue weighted by molar-refractivity contribution is -0.0394. The summed E-state index contributed by atoms with van der Waals surface area (Å²) < 4.78 is 5.51. The van der Waals surface area contributed by atoms with Crippen LogP contribution in [0.2, 0.25) is 0 Å². The maximum absolute atomic E-state index is 11.3. The van der Waals surface area contributed by atoms with E-state index in [0.717, 1.165) is 44.9 Å². The summed E-state index contributed by atoms with van der Waals surface area (Å²) >= 11 is 0. The zero-order chi connectivity index (χ0) is 18.8. The van der Waals surface area contributed by atoms with Gasteiger partial charge in [-0.1, -0.05) is 91.4 Å². The summed E-state index contributed by atoms with van der Waals surface area (Å²) in [6, 6.07) is 0. The van der Waals surface area contributed by atoms with Gasteiger partial charge >= 0.3 is 6.16 Å². The molecule has 0 saturated carbocycles. The zero-order valence-electron chi connectivity index (χ0n) is 17.3. The van der Waals surface area contributed by atoms with Gasteiger partial charge in [-0.05, 0) is 38.5 Å². The molecule has 150 valence electrons. The predicted molar refractivity (Wildman–Crippen MR) is 107 cm³/mol. The van der Waals surface area contributed by atoms with Crippen molar-refractivity contribution in [2.45, 2.75) is 136 Å². The average Bonchev–Trinajstić information content (AvgIpc) is 2.58. The van der Waals surface area contributed by atoms with Gasteiger partial charge in [0.05, 0.1) is 0 Å². The minimum atomic E-state index is -1.09. The summed E-state index contributed by atoms with van der Waals surface area (Å²) in [7, 11) is 0. The molecule has 3 heteroatoms. The molecule has 0 fully saturated rings. The fourth-order valence-electron chi connectivity index (χ4n) is 3.67. The predicted octanol–water partition coefficient (Wildman–Crippen LogP) is 8.11. The summed E-state index contributed by atoms with van der Waals surface area (Å²) in [5.41, 5.74) is -0.433. The van der Waals surface area contributed by atoms with E-state index in [-0.39, 0.29) is 0 Å². The van der Waals surface area contributed by atoms with Crippen LogP contribution in [0.25, 0.3) is 0 Å². The molecule has 0 rings (SSSR count). The molecule has 3 nitrogen and oxygen atoms in total. The molecule has 0 amide bonds. The number of hydrogen-bond acceptors (Lipinski definition) is 2. The van der Waals surface area contributed by atoms with Gasteiger partial charge in [0.1, 0.15) is 5.60 Å². The number of unbranched alkanes of at least 4 members (excludes halogenated alkanes) is 11. The van der Waals surface area contributed by atoms with E-state index in [1.165, 1.54) is 64.2 Å². The summed E-state index contributed by atoms with van der Waals surface area (Å²) in [5.74, 6) is 0. The van der Waals surface area contributed by atoms with Gasteiger partial charge in [-0.3, -0.25) is 0 Å². The summed E-state index contributed by atoms with van der Waals surface area (Å²) in [4.78, 5) is 11.3. The van der Waals surface area contributed by atoms with E-state index in [1.807, 2.05) is 0 Å². The lowest BCUT2D eigenvalue weighted by atomic mass is 9.85. The van der Waals surface area contributed by atoms with Crippen molar-refractivity contribution >= 4 is 6.16 Å². The average molecular weight is 357 g/mol. The van der Waals surface area contributed by atoms with Crippen LogP contribution < -0.4 is 0 Å². The molecule has 0 aromatic rings. The minimum absolute atomic E-state index is 0.433. The van der Waals surface area contributed by atoms with Crippen LogP contribution >= 0.6 is 0 Å². The number of hydrogen-bond donors (Lipinski definition) is 1. The Kier molecular flexibility index (Phi) is 16.2. The largest absolute Gasteiger partial charge is 0.506 e. The Hall–Kier alpha value is -0.730. The van der Waals surface area contributed by atoms with Crippen LogP contribution in [-0.4, -0.2) is 16.9 Å². The minimum Gasteiger partial charge on any atom is -0.450 e. The third-order valence-corrected chi connectivity index (χ3v) is 5.26. The quantitative estimate of drug-likeness (QED) is 0.199. The number of carboxylic acid groups (broad SMARTS) is 1. The molecule has 25 heavy (non-hydrogen) atoms. The molecule has 0 aliphatic rings. The van der Waals surface area contributed by atoms with Crippen molar-refractivity contribution in [2.24, 2.45) is 0 Å². The van der Waals surface area contributed by atoms with Crippen molar-refractivity contribution in [2.75, 3.05) is 0 Å². The highest BCUT2D eigenvalue weighted by Gasteiger charge is 2.32. The van der Waals surface area contributed by atoms with E-state index in [2.05, 4.69) is 20.8 Å². The lowest BCUT2D eigenvalue weighted by Crippen LogP contribution is -2.35. The Bertz CT molecular complexity index is 286. The second kappa shape index (κ2) is 16.7. The van der Waals surface area contributed by atoms with E-state index in [9.17, 15) is 9.90 Å². The van der Waals surface area contributed by atoms with Crippen molar-refractivity contribution in [3.8, 4) is 0 Å². The molecule has 0 atom stereocenters. The second-order valence-electron chi connectivity index (χ2n) is 7.69. The third kappa shape index (κ3) is 14.2. The molecule has 1 N–H and O–H groups in total. The van der Waals surface area contributed by atoms with Gasteiger partial charge in [0, 0.05) is 0 Å². The molecule has 0 aliphatic heterocycles. The molecule has 0 bridgehead atoms. The fourth-order valence-corrected chi connectivity index (χ4v) is 3.67. The standard InChI is InChI=1S/C22H44O3/c1-4-7-10-12-14-16-19-22(18-9-6-3,25-21(23)24)20-17-15-13-11-8-5-2/h4-20H2,1-3H3,(H,23,24). The molecule has 0 aliphatic carbocycles. The summed E-state index contributed by atoms with van der Waals surface area (Å²) in [6.45, 7) is 6.63. The highest BCUT2D eigenvalue weighted by Crippen LogP contribution is 2.32. The molecule has 0 saturated heterocycles. The van der Waals surface area contributed by atoms with Gasteiger partial charge in [0.25, 0.3) is 0 Å². The van der Waals surface area contributed by atoms with Crippen LogP contribution in [0.5, 0.6) is 0 Å². The van der Waals surface area contributed by atoms with Gasteiger partial charge < -0.3 is 9.84 Å². The van der Waals surface area contributed by atoms with E-state index in [1.54, 1.807) is 0 Å². The van der Waals surface area contributed by atoms with Crippen LogP contribution in [0.15, 0.2) is 0 Å². The van der Waals surface area contributed by atoms with Crippen LogP contribution in [0.1, 0.15) is 130 Å². The summed E-state index contributed by atoms with van der Waals surface area (Å²) in [5, 5.41) is 9.27. The van der Waals surface area contributed by atoms with Crippen LogP contribution in [0.3, 0.4) is 0 Å². The fraction of sp³-hybridized carbons (Fsp3) is 0.955. The van der Waals surface area contributed by atoms with E-state index in [4.69, 9.17) is 4.74 Å². The van der Waals surface area contributed by atoms with Gasteiger partial charge in [0.15, 0.2) is 0 Å². The highest BCUT2D eigenvalue weighted by atomic mass is 16.7. The van der Waals surface area contributed by atoms with E-state index < -0.39 is 11.8 Å². The zero-order valence-corrected chi connectivity index (χ0v) is 17.3. The molecular weight excluding hydrogens is 312 g/mol. The van der Waals surface area contributed by atoms with Crippen LogP contribution in [0.4, 0.5) is 4.79 Å². The molecular formula is C22H44O3. The Morgan fingerprint density at radius 1 is 0.640 bits per heavy atom. The number of carbonyl (C=O) groups is 1. The second-order valence-corrected chi connectivity index (χ2v) is 7.69. The first-order valence-corrected chi connectivity index (χ1v) is 11.0. The summed E-state index contributed by atoms with van der Waals surface area (Å²) in [6.07, 6.45) is 18.6. The number of ether oxygens (including phenoxy) is 1. The normalized spacial score (nSPS) is 11.6. The third-order valence-electron chi connectivity index (χ3n) is 5.26. The Labute approximate surface area is 156 Å². The first-order chi connectivity index (χ1) is 12.1. The van der Waals surface area contributed by atoms with Gasteiger partial charge in [-0.2, -0.15) is 0 Å². The number of rotatable bonds is 18. The van der Waals surface area contributed by atoms with Crippen molar-refractivity contribution < 1.29 is 14.6 Å². The molecule has 0 spiro atoms. The van der Waals surface area contributed by atoms with Crippen LogP contribution in [0, 0.1) is 0 Å². The van der Waals surface area contributed by atoms with Crippen molar-refractivity contribution in [3.05, 3.63) is 0 Å². The highest BCUT2D eigenvalue weighted by molar-refractivity contribution is 5.57. The maximum atomic E-state index is 11.3. The topological polar surface area (TPSA) is 46.5 Å². The van der Waals surface area contributed by atoms with Crippen LogP contribution in [-0.2, 0) is 4.74 Å². The Morgan fingerprint density at radius 2 is 1.00 bits per heavy atom. The molecule has 0 unspecified atom stereocenters. The van der Waals surface area contributed by atoms with Crippen molar-refractivity contribution in [3.63, 3.8) is 0 Å². The Balaban J connectivity index is 4.43. The lowest BCUT2D eigenvalue weighted by Gasteiger charge is -2.33. The first kappa shape index (κ1) is 24.3. The maximum Gasteiger partial charge on any atom is 0.506 e. The van der Waals surface area contributed by atoms with E-state index >= 15 is 0 Å². The monoisotopic (exact) mass is 356 g/mol. The SMILES string of the molecule is CCCCCCCCC(CCCC)(CCCCCCCC)OC(=O)O. The smallest absolute Gasteiger partial charge is 0.450 e. The molecule has 0 aromatic carbocycles. The van der Waals surface area contributed by atoms with Crippen molar-refractivity contribution in [1.29, 1.82) is 0 Å².